The van der Waals surface area contributed by atoms with E-state index in [1.54, 1.807) is 4.90 Å². The molecule has 0 radical (unpaired) electrons. The molecule has 1 atom stereocenters. The number of aromatic nitrogens is 2. The van der Waals surface area contributed by atoms with Gasteiger partial charge in [-0.3, -0.25) is 4.90 Å². The fourth-order valence-corrected chi connectivity index (χ4v) is 4.52. The van der Waals surface area contributed by atoms with Gasteiger partial charge in [-0.15, -0.1) is 0 Å². The summed E-state index contributed by atoms with van der Waals surface area (Å²) in [4.78, 5) is 19.7. The molecule has 3 aromatic rings. The van der Waals surface area contributed by atoms with Crippen LogP contribution in [-0.4, -0.2) is 29.4 Å². The van der Waals surface area contributed by atoms with Gasteiger partial charge in [0.1, 0.15) is 6.04 Å². The third-order valence-corrected chi connectivity index (χ3v) is 6.20. The Balaban J connectivity index is 1.44. The number of aryl methyl sites for hydroxylation is 1. The second-order valence-corrected chi connectivity index (χ2v) is 8.42. The number of hydrogen-bond donors (Lipinski definition) is 1. The summed E-state index contributed by atoms with van der Waals surface area (Å²) < 4.78 is 11.0. The average Bonchev–Trinajstić information content (AvgIpc) is 3.41. The lowest BCUT2D eigenvalue weighted by Gasteiger charge is -2.24. The number of fused-ring (bicyclic) bond motifs is 1. The predicted molar refractivity (Wildman–Crippen MR) is 118 cm³/mol. The van der Waals surface area contributed by atoms with E-state index < -0.39 is 0 Å². The van der Waals surface area contributed by atoms with Crippen LogP contribution in [0.25, 0.3) is 0 Å². The minimum atomic E-state index is -0.348. The number of nitrogens with zero attached hydrogens (tertiary/aromatic N) is 3. The molecular weight excluding hydrogens is 416 g/mol. The van der Waals surface area contributed by atoms with Crippen molar-refractivity contribution < 1.29 is 14.1 Å². The topological polar surface area (TPSA) is 80.5 Å². The van der Waals surface area contributed by atoms with Gasteiger partial charge in [-0.1, -0.05) is 41.0 Å². The average molecular weight is 439 g/mol. The Bertz CT molecular complexity index is 1110. The molecule has 160 valence electrons. The smallest absolute Gasteiger partial charge is 0.327 e. The first-order chi connectivity index (χ1) is 15.1. The molecule has 1 aromatic heterocycles. The second kappa shape index (κ2) is 8.32. The van der Waals surface area contributed by atoms with Crippen molar-refractivity contribution >= 4 is 29.0 Å². The zero-order valence-electron chi connectivity index (χ0n) is 17.2. The van der Waals surface area contributed by atoms with Crippen LogP contribution in [0.3, 0.4) is 0 Å². The summed E-state index contributed by atoms with van der Waals surface area (Å²) in [7, 11) is 0. The number of hydrogen-bond acceptors (Lipinski definition) is 5. The van der Waals surface area contributed by atoms with E-state index >= 15 is 0 Å². The van der Waals surface area contributed by atoms with Crippen molar-refractivity contribution in [3.8, 4) is 0 Å². The van der Waals surface area contributed by atoms with E-state index in [1.807, 2.05) is 49.4 Å². The molecule has 2 aliphatic heterocycles. The van der Waals surface area contributed by atoms with Crippen LogP contribution in [0.4, 0.5) is 16.2 Å². The van der Waals surface area contributed by atoms with Gasteiger partial charge in [0.2, 0.25) is 5.89 Å². The maximum absolute atomic E-state index is 13.4. The largest absolute Gasteiger partial charge is 0.381 e. The highest BCUT2D eigenvalue weighted by Gasteiger charge is 2.38. The number of ether oxygens (including phenoxy) is 1. The van der Waals surface area contributed by atoms with Gasteiger partial charge in [0.25, 0.3) is 0 Å². The third-order valence-electron chi connectivity index (χ3n) is 5.89. The minimum absolute atomic E-state index is 0.201. The van der Waals surface area contributed by atoms with Crippen LogP contribution < -0.4 is 10.2 Å². The van der Waals surface area contributed by atoms with E-state index in [-0.39, 0.29) is 18.0 Å². The van der Waals surface area contributed by atoms with Gasteiger partial charge in [0.05, 0.1) is 10.7 Å². The minimum Gasteiger partial charge on any atom is -0.381 e. The van der Waals surface area contributed by atoms with Crippen LogP contribution in [0, 0.1) is 6.92 Å². The predicted octanol–water partition coefficient (Wildman–Crippen LogP) is 5.26. The summed E-state index contributed by atoms with van der Waals surface area (Å²) in [6.07, 6.45) is 2.35. The Labute approximate surface area is 185 Å². The van der Waals surface area contributed by atoms with Crippen molar-refractivity contribution in [2.75, 3.05) is 23.4 Å². The van der Waals surface area contributed by atoms with Crippen molar-refractivity contribution in [3.05, 3.63) is 70.3 Å². The molecule has 1 unspecified atom stereocenters. The number of carbonyl (C=O) groups is 1. The number of anilines is 2. The SMILES string of the molecule is Cc1ccc(NC(=O)N2c3ccccc3CC2c2noc(C3CCOCC3)n2)c(Cl)c1. The highest BCUT2D eigenvalue weighted by Crippen LogP contribution is 2.40. The van der Waals surface area contributed by atoms with Gasteiger partial charge in [-0.25, -0.2) is 4.79 Å². The zero-order chi connectivity index (χ0) is 21.4. The maximum Gasteiger partial charge on any atom is 0.327 e. The Hall–Kier alpha value is -2.90. The first-order valence-corrected chi connectivity index (χ1v) is 10.8. The summed E-state index contributed by atoms with van der Waals surface area (Å²) in [5.74, 6) is 1.34. The number of nitrogens with one attached hydrogen (secondary N) is 1. The normalized spacial score (nSPS) is 18.8. The van der Waals surface area contributed by atoms with Gasteiger partial charge >= 0.3 is 6.03 Å². The molecule has 1 fully saturated rings. The molecule has 2 aromatic carbocycles. The van der Waals surface area contributed by atoms with Crippen molar-refractivity contribution in [1.82, 2.24) is 10.1 Å². The van der Waals surface area contributed by atoms with Gasteiger partial charge in [-0.2, -0.15) is 4.98 Å². The molecule has 0 bridgehead atoms. The van der Waals surface area contributed by atoms with Gasteiger partial charge < -0.3 is 14.6 Å². The Morgan fingerprint density at radius 2 is 2.00 bits per heavy atom. The molecule has 0 aliphatic carbocycles. The van der Waals surface area contributed by atoms with E-state index in [9.17, 15) is 4.79 Å². The highest BCUT2D eigenvalue weighted by molar-refractivity contribution is 6.34. The van der Waals surface area contributed by atoms with Crippen LogP contribution >= 0.6 is 11.6 Å². The van der Waals surface area contributed by atoms with Crippen molar-refractivity contribution in [2.45, 2.75) is 38.1 Å². The second-order valence-electron chi connectivity index (χ2n) is 8.01. The summed E-state index contributed by atoms with van der Waals surface area (Å²) in [6.45, 7) is 3.35. The molecule has 0 spiro atoms. The first-order valence-electron chi connectivity index (χ1n) is 10.5. The van der Waals surface area contributed by atoms with Crippen LogP contribution in [0.2, 0.25) is 5.02 Å². The van der Waals surface area contributed by atoms with Crippen molar-refractivity contribution in [3.63, 3.8) is 0 Å². The molecule has 1 saturated heterocycles. The van der Waals surface area contributed by atoms with E-state index in [0.717, 1.165) is 29.7 Å². The first kappa shape index (κ1) is 20.0. The zero-order valence-corrected chi connectivity index (χ0v) is 17.9. The Kier molecular flexibility index (Phi) is 5.38. The lowest BCUT2D eigenvalue weighted by Crippen LogP contribution is -2.36. The molecule has 7 nitrogen and oxygen atoms in total. The van der Waals surface area contributed by atoms with Crippen LogP contribution in [0.1, 0.15) is 47.6 Å². The molecule has 2 amide bonds. The van der Waals surface area contributed by atoms with Crippen LogP contribution in [0.5, 0.6) is 0 Å². The molecule has 5 rings (SSSR count). The molecule has 1 N–H and O–H groups in total. The Morgan fingerprint density at radius 1 is 1.19 bits per heavy atom. The Morgan fingerprint density at radius 3 is 2.81 bits per heavy atom. The molecule has 2 aliphatic rings. The highest BCUT2D eigenvalue weighted by atomic mass is 35.5. The monoisotopic (exact) mass is 438 g/mol. The van der Waals surface area contributed by atoms with E-state index in [2.05, 4.69) is 15.5 Å². The fraction of sp³-hybridized carbons (Fsp3) is 0.348. The lowest BCUT2D eigenvalue weighted by atomic mass is 10.0. The number of carbonyl (C=O) groups excluding carboxylic acids is 1. The van der Waals surface area contributed by atoms with Gasteiger partial charge in [-0.05, 0) is 49.1 Å². The van der Waals surface area contributed by atoms with Gasteiger partial charge in [0.15, 0.2) is 5.82 Å². The standard InChI is InChI=1S/C23H23ClN4O3/c1-14-6-7-18(17(24)12-14)25-23(29)28-19-5-3-2-4-16(19)13-20(28)21-26-22(31-27-21)15-8-10-30-11-9-15/h2-7,12,15,20H,8-11,13H2,1H3,(H,25,29). The van der Waals surface area contributed by atoms with Gasteiger partial charge in [0, 0.05) is 31.2 Å². The third kappa shape index (κ3) is 3.91. The number of urea groups is 1. The molecule has 8 heteroatoms. The summed E-state index contributed by atoms with van der Waals surface area (Å²) in [6, 6.07) is 12.8. The van der Waals surface area contributed by atoms with Crippen molar-refractivity contribution in [1.29, 1.82) is 0 Å². The van der Waals surface area contributed by atoms with E-state index in [0.29, 0.717) is 42.1 Å². The quantitative estimate of drug-likeness (QED) is 0.603. The lowest BCUT2D eigenvalue weighted by molar-refractivity contribution is 0.0778. The molecule has 31 heavy (non-hydrogen) atoms. The van der Waals surface area contributed by atoms with Crippen LogP contribution in [-0.2, 0) is 11.2 Å². The summed E-state index contributed by atoms with van der Waals surface area (Å²) in [5.41, 5.74) is 3.50. The number of rotatable bonds is 3. The summed E-state index contributed by atoms with van der Waals surface area (Å²) >= 11 is 6.34. The molecule has 3 heterocycles. The number of benzene rings is 2. The van der Waals surface area contributed by atoms with Crippen molar-refractivity contribution in [2.24, 2.45) is 0 Å². The van der Waals surface area contributed by atoms with E-state index in [1.165, 1.54) is 0 Å². The fourth-order valence-electron chi connectivity index (χ4n) is 4.23. The molecule has 0 saturated carbocycles. The number of para-hydroxylation sites is 1. The summed E-state index contributed by atoms with van der Waals surface area (Å²) in [5, 5.41) is 7.69. The maximum atomic E-state index is 13.4. The van der Waals surface area contributed by atoms with E-state index in [4.69, 9.17) is 20.9 Å². The number of amides is 2. The number of halogens is 1. The molecular formula is C23H23ClN4O3. The van der Waals surface area contributed by atoms with Crippen LogP contribution in [0.15, 0.2) is 47.0 Å².